The van der Waals surface area contributed by atoms with Crippen LogP contribution in [0, 0.1) is 6.92 Å². The fourth-order valence-electron chi connectivity index (χ4n) is 2.62. The van der Waals surface area contributed by atoms with Crippen LogP contribution < -0.4 is 10.9 Å². The highest BCUT2D eigenvalue weighted by Gasteiger charge is 2.15. The van der Waals surface area contributed by atoms with Gasteiger partial charge in [-0.3, -0.25) is 9.59 Å². The summed E-state index contributed by atoms with van der Waals surface area (Å²) in [5.74, 6) is -1.11. The van der Waals surface area contributed by atoms with Crippen molar-refractivity contribution in [1.82, 2.24) is 5.32 Å². The number of carbonyl (C=O) groups excluding carboxylic acids is 1. The zero-order valence-corrected chi connectivity index (χ0v) is 14.0. The number of aromatic hydroxyl groups is 1. The molecule has 25 heavy (non-hydrogen) atoms. The Labute approximate surface area is 144 Å². The van der Waals surface area contributed by atoms with E-state index in [0.717, 1.165) is 0 Å². The second-order valence-corrected chi connectivity index (χ2v) is 5.90. The van der Waals surface area contributed by atoms with Crippen LogP contribution in [0.15, 0.2) is 27.4 Å². The van der Waals surface area contributed by atoms with Crippen LogP contribution in [0.3, 0.4) is 0 Å². The molecule has 0 spiro atoms. The number of phenols is 1. The molecule has 1 aromatic carbocycles. The molecular formula is C18H21NO6. The first-order chi connectivity index (χ1) is 11.9. The maximum Gasteiger partial charge on any atom is 0.340 e. The van der Waals surface area contributed by atoms with Crippen molar-refractivity contribution in [1.29, 1.82) is 0 Å². The number of fused-ring (bicyclic) bond motifs is 1. The lowest BCUT2D eigenvalue weighted by atomic mass is 10.0. The average molecular weight is 347 g/mol. The van der Waals surface area contributed by atoms with Crippen molar-refractivity contribution >= 4 is 22.8 Å². The number of phenolic OH excluding ortho intramolecular Hbond substituents is 1. The third-order valence-corrected chi connectivity index (χ3v) is 4.00. The molecule has 0 atom stereocenters. The Hall–Kier alpha value is -2.83. The molecule has 2 aromatic rings. The summed E-state index contributed by atoms with van der Waals surface area (Å²) in [6, 6.07) is 4.51. The summed E-state index contributed by atoms with van der Waals surface area (Å²) in [6.45, 7) is 2.18. The number of benzene rings is 1. The molecule has 3 N–H and O–H groups in total. The van der Waals surface area contributed by atoms with Crippen molar-refractivity contribution in [2.24, 2.45) is 0 Å². The minimum absolute atomic E-state index is 0.00319. The van der Waals surface area contributed by atoms with Crippen LogP contribution in [0.4, 0.5) is 0 Å². The molecule has 1 aromatic heterocycles. The first-order valence-electron chi connectivity index (χ1n) is 8.12. The summed E-state index contributed by atoms with van der Waals surface area (Å²) in [5, 5.41) is 21.4. The van der Waals surface area contributed by atoms with Gasteiger partial charge in [0.1, 0.15) is 11.3 Å². The van der Waals surface area contributed by atoms with Crippen LogP contribution in [0.25, 0.3) is 11.0 Å². The molecule has 0 unspecified atom stereocenters. The van der Waals surface area contributed by atoms with Gasteiger partial charge in [0.05, 0.1) is 12.0 Å². The minimum atomic E-state index is -0.823. The number of unbranched alkanes of at least 4 members (excludes halogenated alkanes) is 2. The van der Waals surface area contributed by atoms with E-state index in [4.69, 9.17) is 9.52 Å². The summed E-state index contributed by atoms with van der Waals surface area (Å²) >= 11 is 0. The topological polar surface area (TPSA) is 117 Å². The largest absolute Gasteiger partial charge is 0.508 e. The fraction of sp³-hybridized carbons (Fsp3) is 0.389. The number of hydrogen-bond donors (Lipinski definition) is 3. The Morgan fingerprint density at radius 3 is 2.68 bits per heavy atom. The van der Waals surface area contributed by atoms with E-state index in [0.29, 0.717) is 42.3 Å². The molecule has 2 rings (SSSR count). The van der Waals surface area contributed by atoms with Gasteiger partial charge in [-0.15, -0.1) is 0 Å². The van der Waals surface area contributed by atoms with Gasteiger partial charge in [-0.25, -0.2) is 4.79 Å². The van der Waals surface area contributed by atoms with Gasteiger partial charge in [-0.2, -0.15) is 0 Å². The molecule has 0 radical (unpaired) electrons. The highest BCUT2D eigenvalue weighted by Crippen LogP contribution is 2.23. The summed E-state index contributed by atoms with van der Waals surface area (Å²) < 4.78 is 5.18. The van der Waals surface area contributed by atoms with Crippen LogP contribution in [0.1, 0.15) is 36.8 Å². The average Bonchev–Trinajstić information content (AvgIpc) is 2.54. The first-order valence-corrected chi connectivity index (χ1v) is 8.12. The fourth-order valence-corrected chi connectivity index (χ4v) is 2.62. The molecular weight excluding hydrogens is 326 g/mol. The summed E-state index contributed by atoms with van der Waals surface area (Å²) in [4.78, 5) is 34.5. The molecule has 0 aliphatic heterocycles. The second-order valence-electron chi connectivity index (χ2n) is 5.90. The van der Waals surface area contributed by atoms with Crippen molar-refractivity contribution in [2.75, 3.05) is 6.54 Å². The third-order valence-electron chi connectivity index (χ3n) is 4.00. The number of carboxylic acids is 1. The molecule has 0 aliphatic carbocycles. The predicted octanol–water partition coefficient (Wildman–Crippen LogP) is 2.11. The van der Waals surface area contributed by atoms with Crippen LogP contribution in [0.5, 0.6) is 5.75 Å². The Morgan fingerprint density at radius 2 is 1.96 bits per heavy atom. The van der Waals surface area contributed by atoms with Gasteiger partial charge < -0.3 is 19.9 Å². The van der Waals surface area contributed by atoms with Gasteiger partial charge in [-0.1, -0.05) is 6.42 Å². The van der Waals surface area contributed by atoms with E-state index in [1.165, 1.54) is 12.1 Å². The Balaban J connectivity index is 1.96. The van der Waals surface area contributed by atoms with Crippen LogP contribution in [0.2, 0.25) is 0 Å². The van der Waals surface area contributed by atoms with Gasteiger partial charge in [0.2, 0.25) is 5.91 Å². The molecule has 7 nitrogen and oxygen atoms in total. The van der Waals surface area contributed by atoms with Gasteiger partial charge in [0.15, 0.2) is 0 Å². The van der Waals surface area contributed by atoms with Gasteiger partial charge in [-0.05, 0) is 37.5 Å². The monoisotopic (exact) mass is 347 g/mol. The Bertz CT molecular complexity index is 839. The van der Waals surface area contributed by atoms with E-state index >= 15 is 0 Å². The van der Waals surface area contributed by atoms with Crippen molar-refractivity contribution < 1.29 is 24.2 Å². The number of aryl methyl sites for hydroxylation is 1. The molecule has 0 saturated carbocycles. The third kappa shape index (κ3) is 5.07. The highest BCUT2D eigenvalue weighted by atomic mass is 16.4. The normalized spacial score (nSPS) is 10.8. The van der Waals surface area contributed by atoms with Crippen molar-refractivity contribution in [3.8, 4) is 5.75 Å². The zero-order valence-electron chi connectivity index (χ0n) is 14.0. The van der Waals surface area contributed by atoms with Crippen LogP contribution in [-0.2, 0) is 16.0 Å². The summed E-state index contributed by atoms with van der Waals surface area (Å²) in [7, 11) is 0. The maximum atomic E-state index is 12.1. The number of amides is 1. The SMILES string of the molecule is Cc1c(CC(=O)NCCCCCC(=O)O)c(=O)oc2cc(O)ccc12. The summed E-state index contributed by atoms with van der Waals surface area (Å²) in [6.07, 6.45) is 2.02. The number of hydrogen-bond acceptors (Lipinski definition) is 5. The van der Waals surface area contributed by atoms with Crippen molar-refractivity contribution in [3.05, 3.63) is 39.7 Å². The number of carbonyl (C=O) groups is 2. The maximum absolute atomic E-state index is 12.1. The number of aliphatic carboxylic acids is 1. The zero-order chi connectivity index (χ0) is 18.4. The minimum Gasteiger partial charge on any atom is -0.508 e. The highest BCUT2D eigenvalue weighted by molar-refractivity contribution is 5.85. The van der Waals surface area contributed by atoms with Gasteiger partial charge in [0, 0.05) is 24.4 Å². The number of carboxylic acid groups (broad SMARTS) is 1. The molecule has 0 fully saturated rings. The van der Waals surface area contributed by atoms with Gasteiger partial charge >= 0.3 is 11.6 Å². The van der Waals surface area contributed by atoms with E-state index in [2.05, 4.69) is 5.32 Å². The first kappa shape index (κ1) is 18.5. The Morgan fingerprint density at radius 1 is 1.20 bits per heavy atom. The molecule has 1 heterocycles. The van der Waals surface area contributed by atoms with Crippen LogP contribution >= 0.6 is 0 Å². The lowest BCUT2D eigenvalue weighted by Crippen LogP contribution is -2.28. The van der Waals surface area contributed by atoms with Crippen LogP contribution in [-0.4, -0.2) is 28.6 Å². The summed E-state index contributed by atoms with van der Waals surface area (Å²) in [5.41, 5.74) is 0.640. The molecule has 1 amide bonds. The van der Waals surface area contributed by atoms with E-state index in [1.807, 2.05) is 0 Å². The number of rotatable bonds is 8. The standard InChI is InChI=1S/C18H21NO6/c1-11-13-7-6-12(20)9-15(13)25-18(24)14(11)10-16(21)19-8-4-2-3-5-17(22)23/h6-7,9,20H,2-5,8,10H2,1H3,(H,19,21)(H,22,23). The molecule has 0 bridgehead atoms. The number of nitrogens with one attached hydrogen (secondary N) is 1. The van der Waals surface area contributed by atoms with Crippen molar-refractivity contribution in [3.63, 3.8) is 0 Å². The van der Waals surface area contributed by atoms with E-state index in [-0.39, 0.29) is 30.1 Å². The van der Waals surface area contributed by atoms with E-state index < -0.39 is 11.6 Å². The molecule has 0 saturated heterocycles. The Kier molecular flexibility index (Phi) is 6.16. The molecule has 0 aliphatic rings. The lowest BCUT2D eigenvalue weighted by molar-refractivity contribution is -0.137. The van der Waals surface area contributed by atoms with E-state index in [9.17, 15) is 19.5 Å². The molecule has 7 heteroatoms. The van der Waals surface area contributed by atoms with Gasteiger partial charge in [0.25, 0.3) is 0 Å². The van der Waals surface area contributed by atoms with E-state index in [1.54, 1.807) is 13.0 Å². The molecule has 134 valence electrons. The lowest BCUT2D eigenvalue weighted by Gasteiger charge is -2.09. The smallest absolute Gasteiger partial charge is 0.340 e. The van der Waals surface area contributed by atoms with Crippen molar-refractivity contribution in [2.45, 2.75) is 39.0 Å². The predicted molar refractivity (Wildman–Crippen MR) is 91.7 cm³/mol. The quantitative estimate of drug-likeness (QED) is 0.497. The second kappa shape index (κ2) is 8.32.